The van der Waals surface area contributed by atoms with Crippen LogP contribution in [0, 0.1) is 0 Å². The van der Waals surface area contributed by atoms with Gasteiger partial charge >= 0.3 is 0 Å². The second-order valence-electron chi connectivity index (χ2n) is 4.70. The lowest BCUT2D eigenvalue weighted by molar-refractivity contribution is -0.132. The van der Waals surface area contributed by atoms with Crippen LogP contribution < -0.4 is 5.32 Å². The fourth-order valence-corrected chi connectivity index (χ4v) is 2.17. The van der Waals surface area contributed by atoms with E-state index in [4.69, 9.17) is 4.74 Å². The number of carbonyl (C=O) groups excluding carboxylic acids is 1. The molecular formula is C12H24N2O2. The van der Waals surface area contributed by atoms with Crippen LogP contribution in [0.3, 0.4) is 0 Å². The highest BCUT2D eigenvalue weighted by molar-refractivity contribution is 5.88. The highest BCUT2D eigenvalue weighted by Gasteiger charge is 2.44. The van der Waals surface area contributed by atoms with Gasteiger partial charge in [-0.2, -0.15) is 0 Å². The molecule has 1 saturated heterocycles. The molecule has 0 bridgehead atoms. The molecule has 1 fully saturated rings. The Labute approximate surface area is 98.3 Å². The molecule has 0 radical (unpaired) electrons. The van der Waals surface area contributed by atoms with Gasteiger partial charge in [0.1, 0.15) is 0 Å². The summed E-state index contributed by atoms with van der Waals surface area (Å²) in [7, 11) is 1.71. The van der Waals surface area contributed by atoms with E-state index in [9.17, 15) is 4.79 Å². The van der Waals surface area contributed by atoms with Crippen LogP contribution in [0.25, 0.3) is 0 Å². The molecule has 0 aromatic rings. The lowest BCUT2D eigenvalue weighted by atomic mass is 9.99. The van der Waals surface area contributed by atoms with E-state index in [-0.39, 0.29) is 17.6 Å². The fraction of sp³-hybridized carbons (Fsp3) is 0.917. The molecule has 0 aromatic carbocycles. The third-order valence-electron chi connectivity index (χ3n) is 3.43. The number of rotatable bonds is 6. The zero-order valence-corrected chi connectivity index (χ0v) is 10.9. The Balaban J connectivity index is 2.45. The molecule has 1 heterocycles. The van der Waals surface area contributed by atoms with Crippen LogP contribution in [0.2, 0.25) is 0 Å². The first-order chi connectivity index (χ1) is 7.55. The molecule has 94 valence electrons. The van der Waals surface area contributed by atoms with Gasteiger partial charge in [-0.3, -0.25) is 10.1 Å². The first kappa shape index (κ1) is 13.5. The first-order valence-electron chi connectivity index (χ1n) is 6.13. The van der Waals surface area contributed by atoms with Crippen molar-refractivity contribution in [3.05, 3.63) is 0 Å². The van der Waals surface area contributed by atoms with Gasteiger partial charge < -0.3 is 9.64 Å². The molecule has 0 spiro atoms. The third-order valence-corrected chi connectivity index (χ3v) is 3.43. The van der Waals surface area contributed by atoms with E-state index in [0.29, 0.717) is 0 Å². The summed E-state index contributed by atoms with van der Waals surface area (Å²) in [5.41, 5.74) is -0.360. The summed E-state index contributed by atoms with van der Waals surface area (Å²) in [6.45, 7) is 7.68. The minimum atomic E-state index is -0.360. The molecule has 0 saturated carbocycles. The maximum absolute atomic E-state index is 12.2. The normalized spacial score (nSPS) is 30.1. The van der Waals surface area contributed by atoms with E-state index in [2.05, 4.69) is 12.2 Å². The van der Waals surface area contributed by atoms with Crippen LogP contribution in [-0.4, -0.2) is 42.8 Å². The van der Waals surface area contributed by atoms with E-state index < -0.39 is 0 Å². The average molecular weight is 228 g/mol. The van der Waals surface area contributed by atoms with Gasteiger partial charge in [0.15, 0.2) is 0 Å². The van der Waals surface area contributed by atoms with Crippen molar-refractivity contribution in [2.24, 2.45) is 0 Å². The smallest absolute Gasteiger partial charge is 0.243 e. The molecule has 1 rings (SSSR count). The van der Waals surface area contributed by atoms with Gasteiger partial charge in [0, 0.05) is 20.3 Å². The molecule has 1 amide bonds. The summed E-state index contributed by atoms with van der Waals surface area (Å²) in [6, 6.07) is 0. The highest BCUT2D eigenvalue weighted by Crippen LogP contribution is 2.23. The zero-order chi connectivity index (χ0) is 12.2. The molecule has 4 nitrogen and oxygen atoms in total. The first-order valence-corrected chi connectivity index (χ1v) is 6.13. The number of methoxy groups -OCH3 is 1. The van der Waals surface area contributed by atoms with Crippen molar-refractivity contribution < 1.29 is 9.53 Å². The Morgan fingerprint density at radius 2 is 2.19 bits per heavy atom. The Kier molecular flexibility index (Phi) is 4.74. The highest BCUT2D eigenvalue weighted by atomic mass is 16.5. The minimum Gasteiger partial charge on any atom is -0.385 e. The van der Waals surface area contributed by atoms with Crippen molar-refractivity contribution in [1.82, 2.24) is 10.2 Å². The van der Waals surface area contributed by atoms with Crippen molar-refractivity contribution >= 4 is 5.91 Å². The molecule has 16 heavy (non-hydrogen) atoms. The predicted octanol–water partition coefficient (Wildman–Crippen LogP) is 1.36. The number of ether oxygens (including phenoxy) is 1. The Morgan fingerprint density at radius 1 is 1.50 bits per heavy atom. The number of nitrogens with one attached hydrogen (secondary N) is 1. The van der Waals surface area contributed by atoms with Gasteiger partial charge in [0.05, 0.1) is 11.7 Å². The molecular weight excluding hydrogens is 204 g/mol. The van der Waals surface area contributed by atoms with E-state index >= 15 is 0 Å². The molecule has 2 atom stereocenters. The summed E-state index contributed by atoms with van der Waals surface area (Å²) in [5, 5.41) is 3.37. The predicted molar refractivity (Wildman–Crippen MR) is 64.1 cm³/mol. The monoisotopic (exact) mass is 228 g/mol. The van der Waals surface area contributed by atoms with Crippen molar-refractivity contribution in [2.45, 2.75) is 51.7 Å². The number of hydrogen-bond acceptors (Lipinski definition) is 3. The topological polar surface area (TPSA) is 41.6 Å². The Bertz CT molecular complexity index is 245. The van der Waals surface area contributed by atoms with Gasteiger partial charge in [0.25, 0.3) is 0 Å². The van der Waals surface area contributed by atoms with Gasteiger partial charge in [-0.25, -0.2) is 0 Å². The summed E-state index contributed by atoms with van der Waals surface area (Å²) in [6.07, 6.45) is 3.01. The maximum atomic E-state index is 12.2. The van der Waals surface area contributed by atoms with Crippen molar-refractivity contribution in [2.75, 3.05) is 20.3 Å². The van der Waals surface area contributed by atoms with Crippen LogP contribution in [-0.2, 0) is 9.53 Å². The van der Waals surface area contributed by atoms with Gasteiger partial charge in [-0.05, 0) is 33.1 Å². The molecule has 1 aliphatic heterocycles. The second-order valence-corrected chi connectivity index (χ2v) is 4.70. The minimum absolute atomic E-state index is 0.153. The SMILES string of the molecule is CCC1(C)NC(C)N(CCCCOC)C1=O. The van der Waals surface area contributed by atoms with Crippen LogP contribution in [0.1, 0.15) is 40.0 Å². The number of carbonyl (C=O) groups is 1. The molecule has 0 aromatic heterocycles. The molecule has 0 aliphatic carbocycles. The van der Waals surface area contributed by atoms with Crippen LogP contribution >= 0.6 is 0 Å². The van der Waals surface area contributed by atoms with Crippen molar-refractivity contribution in [3.8, 4) is 0 Å². The lowest BCUT2D eigenvalue weighted by Crippen LogP contribution is -2.43. The summed E-state index contributed by atoms with van der Waals surface area (Å²) in [4.78, 5) is 14.1. The standard InChI is InChI=1S/C12H24N2O2/c1-5-12(3)11(15)14(10(2)13-12)8-6-7-9-16-4/h10,13H,5-9H2,1-4H3. The fourth-order valence-electron chi connectivity index (χ4n) is 2.17. The lowest BCUT2D eigenvalue weighted by Gasteiger charge is -2.21. The summed E-state index contributed by atoms with van der Waals surface area (Å²) < 4.78 is 5.00. The summed E-state index contributed by atoms with van der Waals surface area (Å²) >= 11 is 0. The van der Waals surface area contributed by atoms with E-state index in [1.54, 1.807) is 7.11 Å². The van der Waals surface area contributed by atoms with Gasteiger partial charge in [-0.1, -0.05) is 6.92 Å². The number of nitrogens with zero attached hydrogens (tertiary/aromatic N) is 1. The van der Waals surface area contributed by atoms with E-state index in [1.165, 1.54) is 0 Å². The van der Waals surface area contributed by atoms with Crippen LogP contribution in [0.4, 0.5) is 0 Å². The number of hydrogen-bond donors (Lipinski definition) is 1. The largest absolute Gasteiger partial charge is 0.385 e. The number of amides is 1. The maximum Gasteiger partial charge on any atom is 0.243 e. The molecule has 2 unspecified atom stereocenters. The molecule has 1 aliphatic rings. The van der Waals surface area contributed by atoms with Gasteiger partial charge in [-0.15, -0.1) is 0 Å². The van der Waals surface area contributed by atoms with Gasteiger partial charge in [0.2, 0.25) is 5.91 Å². The molecule has 1 N–H and O–H groups in total. The summed E-state index contributed by atoms with van der Waals surface area (Å²) in [5.74, 6) is 0.236. The Hall–Kier alpha value is -0.610. The van der Waals surface area contributed by atoms with Crippen molar-refractivity contribution in [1.29, 1.82) is 0 Å². The average Bonchev–Trinajstić information content (AvgIpc) is 2.48. The van der Waals surface area contributed by atoms with E-state index in [0.717, 1.165) is 32.4 Å². The second kappa shape index (κ2) is 5.64. The zero-order valence-electron chi connectivity index (χ0n) is 10.9. The Morgan fingerprint density at radius 3 is 2.69 bits per heavy atom. The molecule has 4 heteroatoms. The quantitative estimate of drug-likeness (QED) is 0.698. The third kappa shape index (κ3) is 2.74. The van der Waals surface area contributed by atoms with Crippen molar-refractivity contribution in [3.63, 3.8) is 0 Å². The van der Waals surface area contributed by atoms with Crippen LogP contribution in [0.15, 0.2) is 0 Å². The van der Waals surface area contributed by atoms with E-state index in [1.807, 2.05) is 18.7 Å². The number of unbranched alkanes of at least 4 members (excludes halogenated alkanes) is 1. The van der Waals surface area contributed by atoms with Crippen LogP contribution in [0.5, 0.6) is 0 Å².